The van der Waals surface area contributed by atoms with Gasteiger partial charge in [0.2, 0.25) is 5.91 Å². The normalized spacial score (nSPS) is 14.1. The van der Waals surface area contributed by atoms with Gasteiger partial charge < -0.3 is 29.6 Å². The summed E-state index contributed by atoms with van der Waals surface area (Å²) < 4.78 is 11.2. The molecule has 0 atom stereocenters. The Hall–Kier alpha value is -3.78. The lowest BCUT2D eigenvalue weighted by Gasteiger charge is -2.34. The lowest BCUT2D eigenvalue weighted by molar-refractivity contribution is -0.114. The number of nitrogens with zero attached hydrogens (tertiary/aromatic N) is 2. The molecule has 2 aromatic carbocycles. The molecule has 3 aromatic rings. The van der Waals surface area contributed by atoms with E-state index >= 15 is 0 Å². The lowest BCUT2D eigenvalue weighted by atomic mass is 10.1. The van der Waals surface area contributed by atoms with Crippen molar-refractivity contribution < 1.29 is 18.7 Å². The van der Waals surface area contributed by atoms with Crippen molar-refractivity contribution in [3.8, 4) is 5.75 Å². The van der Waals surface area contributed by atoms with Crippen molar-refractivity contribution in [2.75, 3.05) is 55.9 Å². The van der Waals surface area contributed by atoms with Crippen LogP contribution < -0.4 is 20.3 Å². The maximum atomic E-state index is 12.9. The molecule has 33 heavy (non-hydrogen) atoms. The average molecular weight is 449 g/mol. The first-order valence-corrected chi connectivity index (χ1v) is 10.8. The van der Waals surface area contributed by atoms with E-state index in [-0.39, 0.29) is 11.7 Å². The van der Waals surface area contributed by atoms with Crippen LogP contribution in [0.4, 0.5) is 22.9 Å². The predicted octanol–water partition coefficient (Wildman–Crippen LogP) is 3.97. The number of carbonyl (C=O) groups excluding carboxylic acids is 2. The molecule has 1 aliphatic rings. The molecule has 2 N–H and O–H groups in total. The maximum Gasteiger partial charge on any atom is 0.221 e. The van der Waals surface area contributed by atoms with E-state index in [1.54, 1.807) is 37.4 Å². The summed E-state index contributed by atoms with van der Waals surface area (Å²) in [6, 6.07) is 14.5. The molecule has 0 unspecified atom stereocenters. The van der Waals surface area contributed by atoms with Crippen LogP contribution in [0, 0.1) is 0 Å². The van der Waals surface area contributed by atoms with Crippen LogP contribution in [-0.2, 0) is 4.79 Å². The minimum atomic E-state index is -0.198. The number of methoxy groups -OCH3 is 1. The number of amides is 1. The van der Waals surface area contributed by atoms with Gasteiger partial charge >= 0.3 is 0 Å². The van der Waals surface area contributed by atoms with Crippen LogP contribution in [0.15, 0.2) is 59.2 Å². The maximum absolute atomic E-state index is 12.9. The zero-order valence-corrected chi connectivity index (χ0v) is 19.1. The number of carbonyl (C=O) groups is 2. The summed E-state index contributed by atoms with van der Waals surface area (Å²) in [4.78, 5) is 28.8. The Morgan fingerprint density at radius 1 is 1.00 bits per heavy atom. The molecule has 1 aromatic heterocycles. The van der Waals surface area contributed by atoms with Gasteiger partial charge in [-0.1, -0.05) is 12.1 Å². The van der Waals surface area contributed by atoms with Gasteiger partial charge in [0.15, 0.2) is 11.7 Å². The standard InChI is InChI=1S/C25H28N4O4/c1-17(30)26-20-6-4-5-18(13-20)25(31)19-14-24(33-16-19)27-22-8-7-21(15-23(22)32-3)29-11-9-28(2)10-12-29/h4-8,13-16,27H,9-12H2,1-3H3,(H,26,30). The fourth-order valence-corrected chi connectivity index (χ4v) is 3.81. The SMILES string of the molecule is COc1cc(N2CCN(C)CC2)ccc1Nc1cc(C(=O)c2cccc(NC(C)=O)c2)co1. The summed E-state index contributed by atoms with van der Waals surface area (Å²) >= 11 is 0. The molecule has 0 spiro atoms. The first-order chi connectivity index (χ1) is 15.9. The van der Waals surface area contributed by atoms with Crippen LogP contribution in [-0.4, -0.2) is 56.9 Å². The molecule has 0 radical (unpaired) electrons. The third-order valence-electron chi connectivity index (χ3n) is 5.62. The first-order valence-electron chi connectivity index (χ1n) is 10.8. The Morgan fingerprint density at radius 2 is 1.79 bits per heavy atom. The number of likely N-dealkylation sites (N-methyl/N-ethyl adjacent to an activating group) is 1. The number of piperazine rings is 1. The Labute approximate surface area is 193 Å². The zero-order valence-electron chi connectivity index (χ0n) is 19.1. The number of hydrogen-bond acceptors (Lipinski definition) is 7. The van der Waals surface area contributed by atoms with E-state index in [4.69, 9.17) is 9.15 Å². The van der Waals surface area contributed by atoms with E-state index in [1.807, 2.05) is 12.1 Å². The van der Waals surface area contributed by atoms with Crippen LogP contribution in [0.5, 0.6) is 5.75 Å². The fraction of sp³-hybridized carbons (Fsp3) is 0.280. The van der Waals surface area contributed by atoms with Crippen LogP contribution in [0.1, 0.15) is 22.8 Å². The Balaban J connectivity index is 1.48. The van der Waals surface area contributed by atoms with Crippen LogP contribution in [0.2, 0.25) is 0 Å². The fourth-order valence-electron chi connectivity index (χ4n) is 3.81. The second-order valence-corrected chi connectivity index (χ2v) is 8.09. The van der Waals surface area contributed by atoms with Gasteiger partial charge in [0.25, 0.3) is 0 Å². The Morgan fingerprint density at radius 3 is 2.52 bits per heavy atom. The topological polar surface area (TPSA) is 87.0 Å². The van der Waals surface area contributed by atoms with Gasteiger partial charge in [-0.15, -0.1) is 0 Å². The quantitative estimate of drug-likeness (QED) is 0.529. The van der Waals surface area contributed by atoms with Crippen molar-refractivity contribution in [3.63, 3.8) is 0 Å². The Bertz CT molecular complexity index is 1150. The molecule has 172 valence electrons. The first kappa shape index (κ1) is 22.4. The van der Waals surface area contributed by atoms with E-state index in [0.717, 1.165) is 37.6 Å². The second kappa shape index (κ2) is 9.79. The van der Waals surface area contributed by atoms with Gasteiger partial charge in [0.05, 0.1) is 18.4 Å². The van der Waals surface area contributed by atoms with E-state index in [1.165, 1.54) is 13.2 Å². The number of ketones is 1. The van der Waals surface area contributed by atoms with Gasteiger partial charge in [-0.05, 0) is 31.3 Å². The van der Waals surface area contributed by atoms with Crippen molar-refractivity contribution >= 4 is 34.6 Å². The third-order valence-corrected chi connectivity index (χ3v) is 5.62. The smallest absolute Gasteiger partial charge is 0.221 e. The molecule has 0 bridgehead atoms. The van der Waals surface area contributed by atoms with Crippen molar-refractivity contribution in [1.82, 2.24) is 4.90 Å². The number of nitrogens with one attached hydrogen (secondary N) is 2. The zero-order chi connectivity index (χ0) is 23.4. The predicted molar refractivity (Wildman–Crippen MR) is 129 cm³/mol. The lowest BCUT2D eigenvalue weighted by Crippen LogP contribution is -2.44. The van der Waals surface area contributed by atoms with Gasteiger partial charge in [-0.2, -0.15) is 0 Å². The van der Waals surface area contributed by atoms with Crippen molar-refractivity contribution in [2.45, 2.75) is 6.92 Å². The molecule has 1 amide bonds. The van der Waals surface area contributed by atoms with Gasteiger partial charge in [-0.25, -0.2) is 0 Å². The van der Waals surface area contributed by atoms with Gasteiger partial charge in [0.1, 0.15) is 12.0 Å². The number of benzene rings is 2. The van der Waals surface area contributed by atoms with E-state index < -0.39 is 0 Å². The average Bonchev–Trinajstić information content (AvgIpc) is 3.27. The highest BCUT2D eigenvalue weighted by atomic mass is 16.5. The van der Waals surface area contributed by atoms with Crippen molar-refractivity contribution in [2.24, 2.45) is 0 Å². The minimum absolute atomic E-state index is 0.193. The number of ether oxygens (including phenoxy) is 1. The summed E-state index contributed by atoms with van der Waals surface area (Å²) in [5.41, 5.74) is 3.30. The molecule has 1 aliphatic heterocycles. The minimum Gasteiger partial charge on any atom is -0.494 e. The summed E-state index contributed by atoms with van der Waals surface area (Å²) in [5, 5.41) is 5.88. The van der Waals surface area contributed by atoms with Gasteiger partial charge in [0, 0.05) is 62.2 Å². The number of rotatable bonds is 7. The number of furan rings is 1. The monoisotopic (exact) mass is 448 g/mol. The molecule has 0 aliphatic carbocycles. The van der Waals surface area contributed by atoms with Crippen LogP contribution in [0.3, 0.4) is 0 Å². The highest BCUT2D eigenvalue weighted by Gasteiger charge is 2.17. The van der Waals surface area contributed by atoms with Crippen molar-refractivity contribution in [3.05, 3.63) is 65.9 Å². The summed E-state index contributed by atoms with van der Waals surface area (Å²) in [6.07, 6.45) is 1.42. The van der Waals surface area contributed by atoms with Crippen molar-refractivity contribution in [1.29, 1.82) is 0 Å². The van der Waals surface area contributed by atoms with E-state index in [2.05, 4.69) is 33.5 Å². The molecule has 2 heterocycles. The molecule has 4 rings (SSSR count). The molecular formula is C25H28N4O4. The third kappa shape index (κ3) is 5.35. The summed E-state index contributed by atoms with van der Waals surface area (Å²) in [7, 11) is 3.76. The molecule has 8 heteroatoms. The summed E-state index contributed by atoms with van der Waals surface area (Å²) in [6.45, 7) is 5.42. The number of anilines is 4. The molecule has 1 fully saturated rings. The molecule has 1 saturated heterocycles. The highest BCUT2D eigenvalue weighted by molar-refractivity contribution is 6.10. The largest absolute Gasteiger partial charge is 0.494 e. The number of hydrogen-bond donors (Lipinski definition) is 2. The highest BCUT2D eigenvalue weighted by Crippen LogP contribution is 2.33. The molecule has 8 nitrogen and oxygen atoms in total. The van der Waals surface area contributed by atoms with Crippen LogP contribution in [0.25, 0.3) is 0 Å². The van der Waals surface area contributed by atoms with E-state index in [9.17, 15) is 9.59 Å². The van der Waals surface area contributed by atoms with Crippen LogP contribution >= 0.6 is 0 Å². The van der Waals surface area contributed by atoms with Gasteiger partial charge in [-0.3, -0.25) is 9.59 Å². The molecular weight excluding hydrogens is 420 g/mol. The second-order valence-electron chi connectivity index (χ2n) is 8.09. The molecule has 0 saturated carbocycles. The summed E-state index contributed by atoms with van der Waals surface area (Å²) in [5.74, 6) is 0.735. The Kier molecular flexibility index (Phi) is 6.65. The van der Waals surface area contributed by atoms with E-state index in [0.29, 0.717) is 28.4 Å².